The van der Waals surface area contributed by atoms with Crippen LogP contribution in [0.25, 0.3) is 11.6 Å². The van der Waals surface area contributed by atoms with Gasteiger partial charge in [0.25, 0.3) is 0 Å². The largest absolute Gasteiger partial charge is 0.342 e. The van der Waals surface area contributed by atoms with Gasteiger partial charge in [-0.05, 0) is 30.7 Å². The summed E-state index contributed by atoms with van der Waals surface area (Å²) in [5, 5.41) is 3.89. The maximum absolute atomic E-state index is 13.4. The predicted octanol–water partition coefficient (Wildman–Crippen LogP) is 2.43. The third kappa shape index (κ3) is 2.45. The van der Waals surface area contributed by atoms with Gasteiger partial charge in [-0.1, -0.05) is 5.16 Å². The first-order chi connectivity index (χ1) is 11.6. The number of carbonyl (C=O) groups is 1. The molecule has 1 unspecified atom stereocenters. The number of imidazole rings is 1. The summed E-state index contributed by atoms with van der Waals surface area (Å²) in [4.78, 5) is 25.2. The molecule has 0 spiro atoms. The summed E-state index contributed by atoms with van der Waals surface area (Å²) in [6, 6.07) is 4.63. The number of rotatable bonds is 3. The summed E-state index contributed by atoms with van der Waals surface area (Å²) < 4.78 is 18.7. The van der Waals surface area contributed by atoms with Crippen molar-refractivity contribution in [3.8, 4) is 11.6 Å². The van der Waals surface area contributed by atoms with Gasteiger partial charge in [0, 0.05) is 31.0 Å². The Morgan fingerprint density at radius 3 is 3.04 bits per heavy atom. The van der Waals surface area contributed by atoms with Crippen LogP contribution in [0.4, 0.5) is 10.1 Å². The maximum Gasteiger partial charge on any atom is 0.238 e. The number of aromatic nitrogens is 4. The van der Waals surface area contributed by atoms with Crippen molar-refractivity contribution < 1.29 is 13.7 Å². The number of benzene rings is 1. The van der Waals surface area contributed by atoms with Crippen LogP contribution in [0.5, 0.6) is 0 Å². The second-order valence-corrected chi connectivity index (χ2v) is 5.73. The van der Waals surface area contributed by atoms with E-state index in [4.69, 9.17) is 4.52 Å². The van der Waals surface area contributed by atoms with Gasteiger partial charge in [-0.3, -0.25) is 4.79 Å². The smallest absolute Gasteiger partial charge is 0.238 e. The third-order valence-electron chi connectivity index (χ3n) is 4.08. The van der Waals surface area contributed by atoms with E-state index in [0.29, 0.717) is 35.3 Å². The molecule has 0 aliphatic carbocycles. The molecular formula is C16H14FN5O2. The molecule has 3 heterocycles. The number of hydrogen-bond acceptors (Lipinski definition) is 5. The average molecular weight is 327 g/mol. The van der Waals surface area contributed by atoms with Gasteiger partial charge in [0.15, 0.2) is 5.82 Å². The number of halogens is 1. The molecule has 1 aromatic carbocycles. The molecule has 2 aromatic heterocycles. The second-order valence-electron chi connectivity index (χ2n) is 5.73. The first-order valence-corrected chi connectivity index (χ1v) is 7.51. The highest BCUT2D eigenvalue weighted by atomic mass is 19.1. The van der Waals surface area contributed by atoms with E-state index in [1.165, 1.54) is 6.07 Å². The molecule has 0 radical (unpaired) electrons. The van der Waals surface area contributed by atoms with Crippen LogP contribution in [0.2, 0.25) is 0 Å². The summed E-state index contributed by atoms with van der Waals surface area (Å²) in [7, 11) is 0. The number of aromatic amines is 1. The normalized spacial score (nSPS) is 17.7. The molecule has 0 bridgehead atoms. The number of nitrogens with one attached hydrogen (secondary N) is 1. The van der Waals surface area contributed by atoms with Crippen LogP contribution >= 0.6 is 0 Å². The molecule has 1 saturated heterocycles. The molecule has 1 aliphatic heterocycles. The highest BCUT2D eigenvalue weighted by Crippen LogP contribution is 2.32. The van der Waals surface area contributed by atoms with Gasteiger partial charge in [0.2, 0.25) is 17.6 Å². The zero-order valence-electron chi connectivity index (χ0n) is 12.9. The fourth-order valence-electron chi connectivity index (χ4n) is 2.80. The Morgan fingerprint density at radius 1 is 1.42 bits per heavy atom. The van der Waals surface area contributed by atoms with Gasteiger partial charge in [0.05, 0.1) is 5.92 Å². The average Bonchev–Trinajstić information content (AvgIpc) is 3.28. The molecule has 1 aliphatic rings. The van der Waals surface area contributed by atoms with Gasteiger partial charge >= 0.3 is 0 Å². The molecule has 24 heavy (non-hydrogen) atoms. The first kappa shape index (κ1) is 14.6. The lowest BCUT2D eigenvalue weighted by atomic mass is 10.1. The molecule has 3 aromatic rings. The number of carbonyl (C=O) groups excluding carboxylic acids is 1. The molecular weight excluding hydrogens is 313 g/mol. The van der Waals surface area contributed by atoms with E-state index in [-0.39, 0.29) is 24.1 Å². The molecule has 1 N–H and O–H groups in total. The Morgan fingerprint density at radius 2 is 2.29 bits per heavy atom. The molecule has 1 amide bonds. The molecule has 0 saturated carbocycles. The summed E-state index contributed by atoms with van der Waals surface area (Å²) in [5.41, 5.74) is 1.17. The standard InChI is InChI=1S/C16H14FN5O2/c1-9-6-11(2-3-12(9)17)22-8-10(7-13(22)23)16-20-15(21-24-16)14-18-4-5-19-14/h2-6,10H,7-8H2,1H3,(H,18,19). The summed E-state index contributed by atoms with van der Waals surface area (Å²) in [6.07, 6.45) is 3.54. The zero-order chi connectivity index (χ0) is 16.7. The summed E-state index contributed by atoms with van der Waals surface area (Å²) in [5.74, 6) is 0.736. The van der Waals surface area contributed by atoms with E-state index in [1.54, 1.807) is 36.4 Å². The Labute approximate surface area is 136 Å². The Hall–Kier alpha value is -3.03. The molecule has 7 nitrogen and oxygen atoms in total. The fourth-order valence-corrected chi connectivity index (χ4v) is 2.80. The third-order valence-corrected chi connectivity index (χ3v) is 4.08. The quantitative estimate of drug-likeness (QED) is 0.798. The second kappa shape index (κ2) is 5.55. The number of hydrogen-bond donors (Lipinski definition) is 1. The van der Waals surface area contributed by atoms with Crippen LogP contribution in [0.15, 0.2) is 35.1 Å². The van der Waals surface area contributed by atoms with Crippen LogP contribution in [0, 0.1) is 12.7 Å². The molecule has 4 rings (SSSR count). The number of aryl methyl sites for hydroxylation is 1. The van der Waals surface area contributed by atoms with E-state index >= 15 is 0 Å². The molecule has 8 heteroatoms. The predicted molar refractivity (Wildman–Crippen MR) is 82.7 cm³/mol. The minimum Gasteiger partial charge on any atom is -0.342 e. The van der Waals surface area contributed by atoms with Crippen LogP contribution < -0.4 is 4.90 Å². The minimum absolute atomic E-state index is 0.0521. The van der Waals surface area contributed by atoms with Crippen molar-refractivity contribution >= 4 is 11.6 Å². The lowest BCUT2D eigenvalue weighted by Gasteiger charge is -2.16. The fraction of sp³-hybridized carbons (Fsp3) is 0.250. The maximum atomic E-state index is 13.4. The van der Waals surface area contributed by atoms with Gasteiger partial charge in [-0.25, -0.2) is 9.37 Å². The Bertz CT molecular complexity index is 890. The van der Waals surface area contributed by atoms with Gasteiger partial charge in [-0.2, -0.15) is 4.98 Å². The number of nitrogens with zero attached hydrogens (tertiary/aromatic N) is 4. The number of amides is 1. The molecule has 1 fully saturated rings. The topological polar surface area (TPSA) is 87.9 Å². The van der Waals surface area contributed by atoms with Crippen LogP contribution in [0.1, 0.15) is 23.8 Å². The number of anilines is 1. The van der Waals surface area contributed by atoms with E-state index in [9.17, 15) is 9.18 Å². The van der Waals surface area contributed by atoms with Gasteiger partial charge < -0.3 is 14.4 Å². The molecule has 122 valence electrons. The van der Waals surface area contributed by atoms with Crippen molar-refractivity contribution in [2.75, 3.05) is 11.4 Å². The van der Waals surface area contributed by atoms with Crippen molar-refractivity contribution in [2.45, 2.75) is 19.3 Å². The molecule has 1 atom stereocenters. The first-order valence-electron chi connectivity index (χ1n) is 7.51. The van der Waals surface area contributed by atoms with E-state index in [2.05, 4.69) is 20.1 Å². The summed E-state index contributed by atoms with van der Waals surface area (Å²) in [6.45, 7) is 2.09. The highest BCUT2D eigenvalue weighted by Gasteiger charge is 2.35. The Balaban J connectivity index is 1.56. The van der Waals surface area contributed by atoms with Crippen molar-refractivity contribution in [3.05, 3.63) is 47.9 Å². The van der Waals surface area contributed by atoms with E-state index < -0.39 is 0 Å². The monoisotopic (exact) mass is 327 g/mol. The minimum atomic E-state index is -0.290. The van der Waals surface area contributed by atoms with Crippen LogP contribution in [0.3, 0.4) is 0 Å². The van der Waals surface area contributed by atoms with Crippen molar-refractivity contribution in [2.24, 2.45) is 0 Å². The van der Waals surface area contributed by atoms with Crippen molar-refractivity contribution in [1.29, 1.82) is 0 Å². The SMILES string of the molecule is Cc1cc(N2CC(c3nc(-c4ncc[nH]4)no3)CC2=O)ccc1F. The van der Waals surface area contributed by atoms with Gasteiger partial charge in [-0.15, -0.1) is 0 Å². The Kier molecular flexibility index (Phi) is 3.37. The van der Waals surface area contributed by atoms with Gasteiger partial charge in [0.1, 0.15) is 5.82 Å². The van der Waals surface area contributed by atoms with Crippen LogP contribution in [-0.2, 0) is 4.79 Å². The van der Waals surface area contributed by atoms with Crippen molar-refractivity contribution in [1.82, 2.24) is 20.1 Å². The lowest BCUT2D eigenvalue weighted by Crippen LogP contribution is -2.24. The van der Waals surface area contributed by atoms with E-state index in [0.717, 1.165) is 0 Å². The highest BCUT2D eigenvalue weighted by molar-refractivity contribution is 5.96. The lowest BCUT2D eigenvalue weighted by molar-refractivity contribution is -0.117. The van der Waals surface area contributed by atoms with Crippen molar-refractivity contribution in [3.63, 3.8) is 0 Å². The number of H-pyrrole nitrogens is 1. The van der Waals surface area contributed by atoms with Crippen LogP contribution in [-0.4, -0.2) is 32.6 Å². The summed E-state index contributed by atoms with van der Waals surface area (Å²) >= 11 is 0. The van der Waals surface area contributed by atoms with E-state index in [1.807, 2.05) is 0 Å². The zero-order valence-corrected chi connectivity index (χ0v) is 12.9.